The molecule has 0 saturated carbocycles. The molecule has 0 fully saturated rings. The van der Waals surface area contributed by atoms with Crippen LogP contribution in [0.25, 0.3) is 0 Å². The number of carbonyl (C=O) groups is 2. The van der Waals surface area contributed by atoms with Crippen molar-refractivity contribution in [3.63, 3.8) is 0 Å². The first-order chi connectivity index (χ1) is 18.1. The van der Waals surface area contributed by atoms with Crippen molar-refractivity contribution < 1.29 is 23.8 Å². The third kappa shape index (κ3) is 5.38. The van der Waals surface area contributed by atoms with Gasteiger partial charge in [-0.25, -0.2) is 0 Å². The molecule has 6 heteroatoms. The maximum atomic E-state index is 13.5. The highest BCUT2D eigenvalue weighted by Crippen LogP contribution is 2.44. The molecule has 1 N–H and O–H groups in total. The molecular formula is C31H31NO5. The van der Waals surface area contributed by atoms with Gasteiger partial charge in [-0.1, -0.05) is 48.5 Å². The molecular weight excluding hydrogens is 466 g/mol. The molecule has 37 heavy (non-hydrogen) atoms. The van der Waals surface area contributed by atoms with Crippen molar-refractivity contribution in [1.29, 1.82) is 0 Å². The van der Waals surface area contributed by atoms with Crippen molar-refractivity contribution in [1.82, 2.24) is 5.32 Å². The first-order valence-electron chi connectivity index (χ1n) is 12.7. The van der Waals surface area contributed by atoms with Gasteiger partial charge in [0.05, 0.1) is 13.7 Å². The van der Waals surface area contributed by atoms with E-state index in [0.717, 1.165) is 28.1 Å². The molecule has 3 aromatic rings. The second-order valence-corrected chi connectivity index (χ2v) is 9.41. The molecule has 0 saturated heterocycles. The van der Waals surface area contributed by atoms with Crippen LogP contribution in [0.5, 0.6) is 17.2 Å². The number of benzene rings is 3. The van der Waals surface area contributed by atoms with Crippen molar-refractivity contribution >= 4 is 11.7 Å². The zero-order chi connectivity index (χ0) is 25.8. The van der Waals surface area contributed by atoms with E-state index in [0.29, 0.717) is 43.1 Å². The Morgan fingerprint density at radius 3 is 2.32 bits per heavy atom. The van der Waals surface area contributed by atoms with Crippen LogP contribution in [0.1, 0.15) is 54.7 Å². The van der Waals surface area contributed by atoms with Gasteiger partial charge < -0.3 is 19.5 Å². The van der Waals surface area contributed by atoms with Crippen LogP contribution in [0.2, 0.25) is 0 Å². The fourth-order valence-corrected chi connectivity index (χ4v) is 5.24. The number of hydrogen-bond acceptors (Lipinski definition) is 5. The molecule has 1 heterocycles. The normalized spacial score (nSPS) is 19.2. The molecule has 3 aromatic carbocycles. The molecule has 5 rings (SSSR count). The summed E-state index contributed by atoms with van der Waals surface area (Å²) in [7, 11) is 1.60. The number of allylic oxidation sites excluding steroid dienone is 2. The Kier molecular flexibility index (Phi) is 7.26. The number of nitrogens with one attached hydrogen (secondary N) is 1. The second-order valence-electron chi connectivity index (χ2n) is 9.41. The predicted molar refractivity (Wildman–Crippen MR) is 141 cm³/mol. The van der Waals surface area contributed by atoms with E-state index in [1.54, 1.807) is 7.11 Å². The fourth-order valence-electron chi connectivity index (χ4n) is 5.24. The van der Waals surface area contributed by atoms with Gasteiger partial charge in [0.25, 0.3) is 0 Å². The average molecular weight is 498 g/mol. The number of Topliss-reactive ketones (excluding diaryl/α,β-unsaturated/α-hetero) is 1. The molecule has 1 aliphatic carbocycles. The number of rotatable bonds is 8. The van der Waals surface area contributed by atoms with Gasteiger partial charge in [-0.2, -0.15) is 0 Å². The van der Waals surface area contributed by atoms with Gasteiger partial charge in [0.2, 0.25) is 5.91 Å². The van der Waals surface area contributed by atoms with Crippen LogP contribution in [-0.4, -0.2) is 25.4 Å². The number of methoxy groups -OCH3 is 1. The highest BCUT2D eigenvalue weighted by molar-refractivity contribution is 6.02. The number of amides is 1. The predicted octanol–water partition coefficient (Wildman–Crippen LogP) is 5.68. The third-order valence-corrected chi connectivity index (χ3v) is 7.03. The van der Waals surface area contributed by atoms with Gasteiger partial charge in [0, 0.05) is 30.0 Å². The molecule has 2 unspecified atom stereocenters. The Labute approximate surface area is 217 Å². The molecule has 0 aromatic heterocycles. The van der Waals surface area contributed by atoms with Crippen molar-refractivity contribution in [3.8, 4) is 17.2 Å². The van der Waals surface area contributed by atoms with E-state index in [1.807, 2.05) is 79.7 Å². The van der Waals surface area contributed by atoms with E-state index in [9.17, 15) is 9.59 Å². The molecule has 0 radical (unpaired) electrons. The summed E-state index contributed by atoms with van der Waals surface area (Å²) in [5.41, 5.74) is 4.45. The van der Waals surface area contributed by atoms with Crippen LogP contribution in [0, 0.1) is 0 Å². The summed E-state index contributed by atoms with van der Waals surface area (Å²) in [5, 5.41) is 3.00. The zero-order valence-corrected chi connectivity index (χ0v) is 21.2. The lowest BCUT2D eigenvalue weighted by molar-refractivity contribution is -0.122. The monoisotopic (exact) mass is 497 g/mol. The van der Waals surface area contributed by atoms with E-state index < -0.39 is 0 Å². The lowest BCUT2D eigenvalue weighted by Gasteiger charge is -2.34. The minimum absolute atomic E-state index is 0.0178. The van der Waals surface area contributed by atoms with E-state index >= 15 is 0 Å². The Bertz CT molecular complexity index is 1310. The van der Waals surface area contributed by atoms with E-state index in [4.69, 9.17) is 14.2 Å². The highest BCUT2D eigenvalue weighted by atomic mass is 16.5. The summed E-state index contributed by atoms with van der Waals surface area (Å²) in [6, 6.07) is 23.5. The highest BCUT2D eigenvalue weighted by Gasteiger charge is 2.38. The number of ketones is 1. The maximum Gasteiger partial charge on any atom is 0.225 e. The lowest BCUT2D eigenvalue weighted by atomic mass is 9.73. The van der Waals surface area contributed by atoms with Gasteiger partial charge in [0.1, 0.15) is 12.4 Å². The summed E-state index contributed by atoms with van der Waals surface area (Å²) in [4.78, 5) is 26.2. The van der Waals surface area contributed by atoms with Crippen LogP contribution < -0.4 is 19.5 Å². The van der Waals surface area contributed by atoms with Gasteiger partial charge in [-0.15, -0.1) is 0 Å². The maximum absolute atomic E-state index is 13.5. The number of ether oxygens (including phenoxy) is 3. The van der Waals surface area contributed by atoms with Gasteiger partial charge in [0.15, 0.2) is 17.3 Å². The molecule has 1 aliphatic heterocycles. The molecule has 2 aliphatic rings. The standard InChI is InChI=1S/C31H31NO5/c1-3-36-24-12-9-21(10-13-24)23-15-26-31(27(33)16-23)25(18-30(34)32-26)22-11-14-28(29(17-22)35-2)37-19-20-7-5-4-6-8-20/h4-14,17,23,25H,3,15-16,18-19H2,1-2H3,(H,32,34). The first kappa shape index (κ1) is 24.6. The van der Waals surface area contributed by atoms with Gasteiger partial charge >= 0.3 is 0 Å². The Morgan fingerprint density at radius 2 is 1.59 bits per heavy atom. The lowest BCUT2D eigenvalue weighted by Crippen LogP contribution is -2.38. The quantitative estimate of drug-likeness (QED) is 0.434. The van der Waals surface area contributed by atoms with Crippen molar-refractivity contribution in [3.05, 3.63) is 101 Å². The van der Waals surface area contributed by atoms with Crippen molar-refractivity contribution in [2.24, 2.45) is 0 Å². The smallest absolute Gasteiger partial charge is 0.225 e. The summed E-state index contributed by atoms with van der Waals surface area (Å²) >= 11 is 0. The van der Waals surface area contributed by atoms with Crippen LogP contribution >= 0.6 is 0 Å². The van der Waals surface area contributed by atoms with Crippen LogP contribution in [0.15, 0.2) is 84.1 Å². The SMILES string of the molecule is CCOc1ccc(C2CC(=O)C3=C(C2)NC(=O)CC3c2ccc(OCc3ccccc3)c(OC)c2)cc1. The van der Waals surface area contributed by atoms with Crippen LogP contribution in [0.3, 0.4) is 0 Å². The van der Waals surface area contributed by atoms with Crippen molar-refractivity contribution in [2.75, 3.05) is 13.7 Å². The molecule has 0 spiro atoms. The van der Waals surface area contributed by atoms with E-state index in [2.05, 4.69) is 5.32 Å². The Balaban J connectivity index is 1.39. The molecule has 2 atom stereocenters. The minimum atomic E-state index is -0.311. The number of carbonyl (C=O) groups excluding carboxylic acids is 2. The fraction of sp³-hybridized carbons (Fsp3) is 0.290. The van der Waals surface area contributed by atoms with Gasteiger partial charge in [-0.3, -0.25) is 9.59 Å². The second kappa shape index (κ2) is 10.9. The van der Waals surface area contributed by atoms with Crippen molar-refractivity contribution in [2.45, 2.75) is 44.6 Å². The van der Waals surface area contributed by atoms with Gasteiger partial charge in [-0.05, 0) is 60.2 Å². The van der Waals surface area contributed by atoms with E-state index in [-0.39, 0.29) is 29.9 Å². The zero-order valence-electron chi connectivity index (χ0n) is 21.2. The minimum Gasteiger partial charge on any atom is -0.494 e. The molecule has 190 valence electrons. The number of hydrogen-bond donors (Lipinski definition) is 1. The Hall–Kier alpha value is -4.06. The van der Waals surface area contributed by atoms with E-state index in [1.165, 1.54) is 0 Å². The summed E-state index contributed by atoms with van der Waals surface area (Å²) < 4.78 is 17.2. The summed E-state index contributed by atoms with van der Waals surface area (Å²) in [5.74, 6) is 1.72. The topological polar surface area (TPSA) is 73.9 Å². The summed E-state index contributed by atoms with van der Waals surface area (Å²) in [6.45, 7) is 2.98. The van der Waals surface area contributed by atoms with Crippen LogP contribution in [-0.2, 0) is 16.2 Å². The first-order valence-corrected chi connectivity index (χ1v) is 12.7. The summed E-state index contributed by atoms with van der Waals surface area (Å²) in [6.07, 6.45) is 1.26. The molecule has 6 nitrogen and oxygen atoms in total. The molecule has 1 amide bonds. The average Bonchev–Trinajstić information content (AvgIpc) is 2.92. The Morgan fingerprint density at radius 1 is 0.838 bits per heavy atom. The third-order valence-electron chi connectivity index (χ3n) is 7.03. The largest absolute Gasteiger partial charge is 0.494 e. The van der Waals surface area contributed by atoms with Crippen LogP contribution in [0.4, 0.5) is 0 Å². The molecule has 0 bridgehead atoms.